The highest BCUT2D eigenvalue weighted by Crippen LogP contribution is 2.32. The van der Waals surface area contributed by atoms with Crippen molar-refractivity contribution in [3.05, 3.63) is 29.3 Å². The van der Waals surface area contributed by atoms with Gasteiger partial charge in [0.15, 0.2) is 0 Å². The predicted octanol–water partition coefficient (Wildman–Crippen LogP) is 2.39. The lowest BCUT2D eigenvalue weighted by molar-refractivity contribution is 0.0808. The maximum absolute atomic E-state index is 6.00. The van der Waals surface area contributed by atoms with Crippen LogP contribution in [-0.2, 0) is 11.3 Å². The fraction of sp³-hybridized carbons (Fsp3) is 0.538. The number of benzene rings is 1. The maximum Gasteiger partial charge on any atom is 0.125 e. The second kappa shape index (κ2) is 4.07. The van der Waals surface area contributed by atoms with E-state index in [4.69, 9.17) is 15.2 Å². The Kier molecular flexibility index (Phi) is 2.91. The van der Waals surface area contributed by atoms with E-state index in [0.29, 0.717) is 13.2 Å². The zero-order valence-electron chi connectivity index (χ0n) is 10.1. The van der Waals surface area contributed by atoms with Crippen molar-refractivity contribution in [3.63, 3.8) is 0 Å². The summed E-state index contributed by atoms with van der Waals surface area (Å²) in [5.41, 5.74) is 8.04. The fourth-order valence-corrected chi connectivity index (χ4v) is 1.89. The lowest BCUT2D eigenvalue weighted by Gasteiger charge is -2.28. The Morgan fingerprint density at radius 3 is 2.81 bits per heavy atom. The van der Waals surface area contributed by atoms with E-state index >= 15 is 0 Å². The molecule has 0 radical (unpaired) electrons. The van der Waals surface area contributed by atoms with Crippen molar-refractivity contribution in [1.29, 1.82) is 0 Å². The van der Waals surface area contributed by atoms with Crippen molar-refractivity contribution >= 4 is 0 Å². The van der Waals surface area contributed by atoms with Gasteiger partial charge in [-0.3, -0.25) is 0 Å². The van der Waals surface area contributed by atoms with Crippen LogP contribution in [0.25, 0.3) is 0 Å². The van der Waals surface area contributed by atoms with Crippen molar-refractivity contribution in [2.45, 2.75) is 39.0 Å². The van der Waals surface area contributed by atoms with Gasteiger partial charge in [0.25, 0.3) is 0 Å². The molecule has 1 atom stereocenters. The van der Waals surface area contributed by atoms with Crippen molar-refractivity contribution in [3.8, 4) is 5.75 Å². The van der Waals surface area contributed by atoms with Gasteiger partial charge in [0.1, 0.15) is 11.4 Å². The summed E-state index contributed by atoms with van der Waals surface area (Å²) in [6.45, 7) is 7.29. The molecule has 1 heterocycles. The second-order valence-corrected chi connectivity index (χ2v) is 5.16. The van der Waals surface area contributed by atoms with Crippen LogP contribution in [0, 0.1) is 0 Å². The predicted molar refractivity (Wildman–Crippen MR) is 63.4 cm³/mol. The number of fused-ring (bicyclic) bond motifs is 1. The van der Waals surface area contributed by atoms with E-state index in [2.05, 4.69) is 6.07 Å². The number of hydrogen-bond acceptors (Lipinski definition) is 3. The molecule has 0 fully saturated rings. The molecular weight excluding hydrogens is 202 g/mol. The Labute approximate surface area is 96.5 Å². The first-order chi connectivity index (χ1) is 7.47. The molecule has 2 N–H and O–H groups in total. The van der Waals surface area contributed by atoms with Crippen LogP contribution in [0.2, 0.25) is 0 Å². The molecule has 0 saturated heterocycles. The van der Waals surface area contributed by atoms with E-state index in [1.54, 1.807) is 0 Å². The topological polar surface area (TPSA) is 44.5 Å². The third-order valence-electron chi connectivity index (χ3n) is 2.53. The third kappa shape index (κ3) is 2.36. The molecule has 16 heavy (non-hydrogen) atoms. The Bertz CT molecular complexity index is 382. The highest BCUT2D eigenvalue weighted by Gasteiger charge is 2.22. The maximum atomic E-state index is 6.00. The van der Waals surface area contributed by atoms with Gasteiger partial charge in [-0.1, -0.05) is 12.1 Å². The second-order valence-electron chi connectivity index (χ2n) is 5.16. The zero-order valence-corrected chi connectivity index (χ0v) is 10.1. The van der Waals surface area contributed by atoms with Gasteiger partial charge in [0.05, 0.1) is 19.3 Å². The average Bonchev–Trinajstić information content (AvgIpc) is 2.17. The summed E-state index contributed by atoms with van der Waals surface area (Å²) in [6, 6.07) is 5.99. The summed E-state index contributed by atoms with van der Waals surface area (Å²) < 4.78 is 11.4. The van der Waals surface area contributed by atoms with Gasteiger partial charge in [-0.05, 0) is 32.4 Å². The summed E-state index contributed by atoms with van der Waals surface area (Å²) in [5.74, 6) is 0.889. The van der Waals surface area contributed by atoms with E-state index in [1.165, 1.54) is 0 Å². The molecule has 0 bridgehead atoms. The van der Waals surface area contributed by atoms with E-state index in [0.717, 1.165) is 16.9 Å². The lowest BCUT2D eigenvalue weighted by Crippen LogP contribution is -2.27. The largest absolute Gasteiger partial charge is 0.488 e. The van der Waals surface area contributed by atoms with E-state index in [-0.39, 0.29) is 11.6 Å². The molecule has 0 saturated carbocycles. The Balaban J connectivity index is 2.36. The first-order valence-electron chi connectivity index (χ1n) is 5.61. The van der Waals surface area contributed by atoms with E-state index in [1.807, 2.05) is 32.9 Å². The molecule has 0 aliphatic carbocycles. The highest BCUT2D eigenvalue weighted by atomic mass is 16.5. The summed E-state index contributed by atoms with van der Waals surface area (Å²) in [6.07, 6.45) is 0. The van der Waals surface area contributed by atoms with Crippen molar-refractivity contribution in [2.75, 3.05) is 6.61 Å². The van der Waals surface area contributed by atoms with Crippen LogP contribution < -0.4 is 10.5 Å². The van der Waals surface area contributed by atoms with Crippen LogP contribution in [0.4, 0.5) is 0 Å². The molecule has 0 aromatic heterocycles. The Morgan fingerprint density at radius 2 is 2.12 bits per heavy atom. The molecule has 2 rings (SSSR count). The van der Waals surface area contributed by atoms with Gasteiger partial charge in [-0.25, -0.2) is 0 Å². The van der Waals surface area contributed by atoms with E-state index in [9.17, 15) is 0 Å². The lowest BCUT2D eigenvalue weighted by atomic mass is 9.98. The van der Waals surface area contributed by atoms with Crippen LogP contribution in [-0.4, -0.2) is 12.2 Å². The van der Waals surface area contributed by atoms with Crippen LogP contribution in [0.1, 0.15) is 37.9 Å². The van der Waals surface area contributed by atoms with Gasteiger partial charge in [0.2, 0.25) is 0 Å². The number of rotatable bonds is 1. The van der Waals surface area contributed by atoms with Crippen LogP contribution in [0.15, 0.2) is 18.2 Å². The van der Waals surface area contributed by atoms with Crippen LogP contribution in [0.5, 0.6) is 5.75 Å². The van der Waals surface area contributed by atoms with Crippen molar-refractivity contribution in [2.24, 2.45) is 5.73 Å². The summed E-state index contributed by atoms with van der Waals surface area (Å²) in [5, 5.41) is 0. The number of ether oxygens (including phenoxy) is 2. The number of hydrogen-bond donors (Lipinski definition) is 1. The average molecular weight is 221 g/mol. The summed E-state index contributed by atoms with van der Waals surface area (Å²) in [7, 11) is 0. The van der Waals surface area contributed by atoms with E-state index < -0.39 is 0 Å². The zero-order chi connectivity index (χ0) is 11.8. The molecule has 3 heteroatoms. The molecule has 1 aliphatic heterocycles. The highest BCUT2D eigenvalue weighted by molar-refractivity contribution is 5.42. The van der Waals surface area contributed by atoms with Crippen LogP contribution >= 0.6 is 0 Å². The van der Waals surface area contributed by atoms with Crippen molar-refractivity contribution in [1.82, 2.24) is 0 Å². The Morgan fingerprint density at radius 1 is 1.38 bits per heavy atom. The molecule has 1 aliphatic rings. The normalized spacial score (nSPS) is 20.4. The smallest absolute Gasteiger partial charge is 0.125 e. The first-order valence-corrected chi connectivity index (χ1v) is 5.61. The molecule has 0 spiro atoms. The molecule has 88 valence electrons. The van der Waals surface area contributed by atoms with Gasteiger partial charge in [0, 0.05) is 5.56 Å². The van der Waals surface area contributed by atoms with Crippen LogP contribution in [0.3, 0.4) is 0 Å². The molecule has 0 unspecified atom stereocenters. The fourth-order valence-electron chi connectivity index (χ4n) is 1.89. The summed E-state index contributed by atoms with van der Waals surface area (Å²) in [4.78, 5) is 0. The number of nitrogens with two attached hydrogens (primary N) is 1. The first kappa shape index (κ1) is 11.4. The SMILES string of the molecule is CC(C)(C)Oc1cccc2c1COC[C@@H]2N. The van der Waals surface area contributed by atoms with Gasteiger partial charge < -0.3 is 15.2 Å². The molecule has 0 amide bonds. The quantitative estimate of drug-likeness (QED) is 0.792. The molecule has 1 aromatic carbocycles. The minimum atomic E-state index is -0.198. The van der Waals surface area contributed by atoms with Crippen molar-refractivity contribution < 1.29 is 9.47 Å². The van der Waals surface area contributed by atoms with Gasteiger partial charge in [-0.15, -0.1) is 0 Å². The van der Waals surface area contributed by atoms with Gasteiger partial charge >= 0.3 is 0 Å². The minimum absolute atomic E-state index is 0.0349. The standard InChI is InChI=1S/C13H19NO2/c1-13(2,3)16-12-6-4-5-9-10(12)7-15-8-11(9)14/h4-6,11H,7-8,14H2,1-3H3/t11-/m0/s1. The van der Waals surface area contributed by atoms with Gasteiger partial charge in [-0.2, -0.15) is 0 Å². The monoisotopic (exact) mass is 221 g/mol. The Hall–Kier alpha value is -1.06. The minimum Gasteiger partial charge on any atom is -0.488 e. The molecular formula is C13H19NO2. The third-order valence-corrected chi connectivity index (χ3v) is 2.53. The summed E-state index contributed by atoms with van der Waals surface area (Å²) >= 11 is 0. The molecule has 1 aromatic rings. The molecule has 3 nitrogen and oxygen atoms in total.